The topological polar surface area (TPSA) is 63.6 Å². The van der Waals surface area contributed by atoms with E-state index < -0.39 is 23.0 Å². The molecule has 1 N–H and O–H groups in total. The van der Waals surface area contributed by atoms with Crippen molar-refractivity contribution in [3.63, 3.8) is 0 Å². The Balaban J connectivity index is 1.73. The second kappa shape index (κ2) is 7.74. The van der Waals surface area contributed by atoms with Gasteiger partial charge in [-0.05, 0) is 44.8 Å². The number of halogens is 2. The first-order chi connectivity index (χ1) is 14.0. The summed E-state index contributed by atoms with van der Waals surface area (Å²) in [5.41, 5.74) is -0.479. The van der Waals surface area contributed by atoms with Gasteiger partial charge in [0.1, 0.15) is 5.56 Å². The number of hydrogen-bond acceptors (Lipinski definition) is 4. The number of likely N-dealkylation sites (tertiary alicyclic amines) is 1. The van der Waals surface area contributed by atoms with Gasteiger partial charge in [-0.15, -0.1) is 0 Å². The number of carbonyl (C=O) groups is 1. The maximum atomic E-state index is 14.3. The summed E-state index contributed by atoms with van der Waals surface area (Å²) < 4.78 is 35.1. The molecule has 1 amide bonds. The smallest absolute Gasteiger partial charge is 0.256 e. The van der Waals surface area contributed by atoms with Crippen molar-refractivity contribution in [2.24, 2.45) is 0 Å². The highest BCUT2D eigenvalue weighted by molar-refractivity contribution is 5.98. The van der Waals surface area contributed by atoms with E-state index in [0.29, 0.717) is 6.54 Å². The predicted molar refractivity (Wildman–Crippen MR) is 106 cm³/mol. The molecule has 0 unspecified atom stereocenters. The summed E-state index contributed by atoms with van der Waals surface area (Å²) in [6.07, 6.45) is 5.23. The lowest BCUT2D eigenvalue weighted by Crippen LogP contribution is -2.41. The molecule has 1 aliphatic carbocycles. The molecule has 2 aliphatic rings. The lowest BCUT2D eigenvalue weighted by atomic mass is 10.1. The van der Waals surface area contributed by atoms with E-state index >= 15 is 0 Å². The zero-order valence-corrected chi connectivity index (χ0v) is 16.6. The molecular weight excluding hydrogens is 380 g/mol. The van der Waals surface area contributed by atoms with Crippen molar-refractivity contribution < 1.29 is 18.3 Å². The normalized spacial score (nSPS) is 19.7. The second-order valence-corrected chi connectivity index (χ2v) is 7.75. The van der Waals surface area contributed by atoms with E-state index in [-0.39, 0.29) is 34.3 Å². The number of likely N-dealkylation sites (N-methyl/N-ethyl adjacent to an activating group) is 1. The van der Waals surface area contributed by atoms with Crippen molar-refractivity contribution in [3.8, 4) is 5.75 Å². The Morgan fingerprint density at radius 3 is 2.72 bits per heavy atom. The van der Waals surface area contributed by atoms with Crippen molar-refractivity contribution in [3.05, 3.63) is 39.7 Å². The zero-order chi connectivity index (χ0) is 20.7. The first-order valence-electron chi connectivity index (χ1n) is 10.1. The lowest BCUT2D eigenvalue weighted by molar-refractivity contribution is 0.0939. The fourth-order valence-electron chi connectivity index (χ4n) is 4.27. The molecule has 1 atom stereocenters. The Morgan fingerprint density at radius 2 is 2.07 bits per heavy atom. The molecule has 0 radical (unpaired) electrons. The predicted octanol–water partition coefficient (Wildman–Crippen LogP) is 2.84. The Hall–Kier alpha value is -2.48. The van der Waals surface area contributed by atoms with Crippen molar-refractivity contribution in [1.82, 2.24) is 14.8 Å². The molecule has 1 saturated carbocycles. The van der Waals surface area contributed by atoms with Crippen LogP contribution in [0.3, 0.4) is 0 Å². The molecule has 1 aromatic carbocycles. The number of benzene rings is 1. The number of amides is 1. The van der Waals surface area contributed by atoms with Crippen molar-refractivity contribution in [2.45, 2.75) is 44.7 Å². The third kappa shape index (κ3) is 3.50. The van der Waals surface area contributed by atoms with Crippen LogP contribution in [0.15, 0.2) is 17.1 Å². The van der Waals surface area contributed by atoms with Crippen LogP contribution in [0.2, 0.25) is 0 Å². The van der Waals surface area contributed by atoms with Crippen LogP contribution in [-0.4, -0.2) is 48.2 Å². The van der Waals surface area contributed by atoms with E-state index in [9.17, 15) is 18.4 Å². The number of ether oxygens (including phenoxy) is 1. The second-order valence-electron chi connectivity index (χ2n) is 7.75. The summed E-state index contributed by atoms with van der Waals surface area (Å²) in [7, 11) is 1.24. The molecular formula is C21H25F2N3O3. The highest BCUT2D eigenvalue weighted by Crippen LogP contribution is 2.40. The number of hydrogen-bond donors (Lipinski definition) is 1. The van der Waals surface area contributed by atoms with Crippen LogP contribution >= 0.6 is 0 Å². The Kier molecular flexibility index (Phi) is 5.29. The number of carbonyl (C=O) groups excluding carboxylic acids is 1. The number of pyridine rings is 1. The van der Waals surface area contributed by atoms with Gasteiger partial charge in [0.15, 0.2) is 11.6 Å². The Bertz CT molecular complexity index is 1020. The fraction of sp³-hybridized carbons (Fsp3) is 0.524. The molecule has 6 nitrogen and oxygen atoms in total. The van der Waals surface area contributed by atoms with Crippen molar-refractivity contribution >= 4 is 16.8 Å². The average molecular weight is 405 g/mol. The molecule has 0 bridgehead atoms. The maximum Gasteiger partial charge on any atom is 0.256 e. The molecule has 4 rings (SSSR count). The summed E-state index contributed by atoms with van der Waals surface area (Å²) in [6.45, 7) is 4.45. The van der Waals surface area contributed by atoms with E-state index in [0.717, 1.165) is 44.8 Å². The van der Waals surface area contributed by atoms with E-state index in [4.69, 9.17) is 4.74 Å². The molecule has 0 spiro atoms. The quantitative estimate of drug-likeness (QED) is 0.803. The first kappa shape index (κ1) is 19.8. The number of aromatic nitrogens is 1. The molecule has 1 aromatic heterocycles. The van der Waals surface area contributed by atoms with Gasteiger partial charge >= 0.3 is 0 Å². The molecule has 1 saturated heterocycles. The molecule has 8 heteroatoms. The third-order valence-corrected chi connectivity index (χ3v) is 5.96. The Morgan fingerprint density at radius 1 is 1.31 bits per heavy atom. The van der Waals surface area contributed by atoms with Gasteiger partial charge in [-0.3, -0.25) is 14.5 Å². The summed E-state index contributed by atoms with van der Waals surface area (Å²) >= 11 is 0. The average Bonchev–Trinajstić information content (AvgIpc) is 3.45. The minimum absolute atomic E-state index is 0.0360. The summed E-state index contributed by atoms with van der Waals surface area (Å²) in [5.74, 6) is -3.10. The van der Waals surface area contributed by atoms with E-state index in [1.807, 2.05) is 0 Å². The van der Waals surface area contributed by atoms with Gasteiger partial charge in [0.25, 0.3) is 5.91 Å². The molecule has 2 aromatic rings. The summed E-state index contributed by atoms with van der Waals surface area (Å²) in [6, 6.07) is 1.15. The highest BCUT2D eigenvalue weighted by atomic mass is 19.2. The number of methoxy groups -OCH3 is 1. The number of rotatable bonds is 6. The van der Waals surface area contributed by atoms with Crippen LogP contribution in [0.25, 0.3) is 10.9 Å². The lowest BCUT2D eigenvalue weighted by Gasteiger charge is -2.23. The van der Waals surface area contributed by atoms with Gasteiger partial charge in [-0.1, -0.05) is 6.92 Å². The van der Waals surface area contributed by atoms with Gasteiger partial charge in [0.2, 0.25) is 11.2 Å². The standard InChI is InChI=1S/C21H25F2N3O3/c1-3-25-8-4-5-13(25)10-24-21(28)15-11-26(12-6-7-12)18-14(19(15)27)9-16(22)17(23)20(18)29-2/h9,11-13H,3-8,10H2,1-2H3,(H,24,28)/t13-/m0/s1. The molecule has 1 aliphatic heterocycles. The van der Waals surface area contributed by atoms with Crippen LogP contribution in [0.5, 0.6) is 5.75 Å². The van der Waals surface area contributed by atoms with Crippen molar-refractivity contribution in [1.29, 1.82) is 0 Å². The highest BCUT2D eigenvalue weighted by Gasteiger charge is 2.30. The van der Waals surface area contributed by atoms with Gasteiger partial charge in [-0.25, -0.2) is 4.39 Å². The SMILES string of the molecule is CCN1CCC[C@H]1CNC(=O)c1cn(C2CC2)c2c(OC)c(F)c(F)cc2c1=O. The van der Waals surface area contributed by atoms with Gasteiger partial charge in [-0.2, -0.15) is 4.39 Å². The maximum absolute atomic E-state index is 14.3. The third-order valence-electron chi connectivity index (χ3n) is 5.96. The fourth-order valence-corrected chi connectivity index (χ4v) is 4.27. The number of nitrogens with zero attached hydrogens (tertiary/aromatic N) is 2. The molecule has 2 heterocycles. The van der Waals surface area contributed by atoms with Gasteiger partial charge < -0.3 is 14.6 Å². The summed E-state index contributed by atoms with van der Waals surface area (Å²) in [5, 5.41) is 2.81. The Labute approximate surface area is 167 Å². The van der Waals surface area contributed by atoms with E-state index in [1.165, 1.54) is 13.3 Å². The summed E-state index contributed by atoms with van der Waals surface area (Å²) in [4.78, 5) is 28.1. The first-order valence-corrected chi connectivity index (χ1v) is 10.1. The minimum atomic E-state index is -1.17. The van der Waals surface area contributed by atoms with Crippen LogP contribution < -0.4 is 15.5 Å². The van der Waals surface area contributed by atoms with Crippen molar-refractivity contribution in [2.75, 3.05) is 26.7 Å². The molecule has 2 fully saturated rings. The molecule has 156 valence electrons. The van der Waals surface area contributed by atoms with Crippen LogP contribution in [0.1, 0.15) is 49.0 Å². The largest absolute Gasteiger partial charge is 0.491 e. The van der Waals surface area contributed by atoms with E-state index in [2.05, 4.69) is 17.1 Å². The van der Waals surface area contributed by atoms with E-state index in [1.54, 1.807) is 4.57 Å². The number of fused-ring (bicyclic) bond motifs is 1. The van der Waals surface area contributed by atoms with Crippen LogP contribution in [0.4, 0.5) is 8.78 Å². The van der Waals surface area contributed by atoms with Gasteiger partial charge in [0, 0.05) is 24.8 Å². The zero-order valence-electron chi connectivity index (χ0n) is 16.6. The molecule has 29 heavy (non-hydrogen) atoms. The van der Waals surface area contributed by atoms with Gasteiger partial charge in [0.05, 0.1) is 18.0 Å². The monoisotopic (exact) mass is 405 g/mol. The van der Waals surface area contributed by atoms with Crippen LogP contribution in [-0.2, 0) is 0 Å². The van der Waals surface area contributed by atoms with Crippen LogP contribution in [0, 0.1) is 11.6 Å². The minimum Gasteiger partial charge on any atom is -0.491 e. The number of nitrogens with one attached hydrogen (secondary N) is 1.